The summed E-state index contributed by atoms with van der Waals surface area (Å²) >= 11 is 0. The molecule has 0 amide bonds. The number of hydrogen-bond acceptors (Lipinski definition) is 3. The Morgan fingerprint density at radius 1 is 1.38 bits per heavy atom. The van der Waals surface area contributed by atoms with Crippen molar-refractivity contribution in [1.29, 1.82) is 0 Å². The van der Waals surface area contributed by atoms with E-state index in [4.69, 9.17) is 5.11 Å². The Morgan fingerprint density at radius 2 is 2.14 bits per heavy atom. The Kier molecular flexibility index (Phi) is 5.70. The highest BCUT2D eigenvalue weighted by molar-refractivity contribution is 5.69. The van der Waals surface area contributed by atoms with Gasteiger partial charge < -0.3 is 5.11 Å². The van der Waals surface area contributed by atoms with Crippen LogP contribution in [0, 0.1) is 5.82 Å². The highest BCUT2D eigenvalue weighted by Crippen LogP contribution is 2.18. The first-order chi connectivity index (χ1) is 10.1. The Hall–Kier alpha value is -1.46. The summed E-state index contributed by atoms with van der Waals surface area (Å²) in [7, 11) is 1.87. The molecule has 1 N–H and O–H groups in total. The van der Waals surface area contributed by atoms with Crippen molar-refractivity contribution in [3.05, 3.63) is 35.6 Å². The molecule has 0 bridgehead atoms. The summed E-state index contributed by atoms with van der Waals surface area (Å²) in [6.45, 7) is 2.52. The van der Waals surface area contributed by atoms with Crippen molar-refractivity contribution in [1.82, 2.24) is 9.80 Å². The van der Waals surface area contributed by atoms with E-state index in [1.807, 2.05) is 24.1 Å². The Bertz CT molecular complexity index is 481. The van der Waals surface area contributed by atoms with E-state index in [2.05, 4.69) is 4.90 Å². The molecule has 0 radical (unpaired) electrons. The molecule has 21 heavy (non-hydrogen) atoms. The van der Waals surface area contributed by atoms with Crippen molar-refractivity contribution in [3.8, 4) is 0 Å². The van der Waals surface area contributed by atoms with E-state index in [-0.39, 0.29) is 12.4 Å². The second-order valence-corrected chi connectivity index (χ2v) is 5.76. The molecule has 1 aromatic rings. The lowest BCUT2D eigenvalue weighted by Crippen LogP contribution is -2.36. The topological polar surface area (TPSA) is 43.8 Å². The number of nitrogens with zero attached hydrogens (tertiary/aromatic N) is 2. The number of carbonyl (C=O) groups is 1. The second kappa shape index (κ2) is 7.52. The van der Waals surface area contributed by atoms with Crippen LogP contribution in [0.15, 0.2) is 24.3 Å². The van der Waals surface area contributed by atoms with Crippen LogP contribution in [-0.4, -0.2) is 53.6 Å². The van der Waals surface area contributed by atoms with Gasteiger partial charge in [-0.15, -0.1) is 0 Å². The number of aliphatic carboxylic acids is 1. The van der Waals surface area contributed by atoms with Gasteiger partial charge in [-0.2, -0.15) is 0 Å². The predicted molar refractivity (Wildman–Crippen MR) is 79.6 cm³/mol. The minimum atomic E-state index is -0.787. The maximum Gasteiger partial charge on any atom is 0.317 e. The molecule has 1 aliphatic rings. The molecule has 0 aromatic heterocycles. The molecule has 1 saturated heterocycles. The fourth-order valence-corrected chi connectivity index (χ4v) is 2.95. The van der Waals surface area contributed by atoms with Gasteiger partial charge in [0.05, 0.1) is 6.54 Å². The van der Waals surface area contributed by atoms with Crippen LogP contribution in [0.25, 0.3) is 0 Å². The van der Waals surface area contributed by atoms with E-state index in [1.165, 1.54) is 6.07 Å². The van der Waals surface area contributed by atoms with Gasteiger partial charge in [-0.1, -0.05) is 18.2 Å². The van der Waals surface area contributed by atoms with E-state index in [0.717, 1.165) is 37.9 Å². The summed E-state index contributed by atoms with van der Waals surface area (Å²) in [5.74, 6) is -0.939. The van der Waals surface area contributed by atoms with Gasteiger partial charge in [0.25, 0.3) is 0 Å². The molecule has 1 unspecified atom stereocenters. The molecule has 1 heterocycles. The zero-order valence-electron chi connectivity index (χ0n) is 12.5. The monoisotopic (exact) mass is 294 g/mol. The fraction of sp³-hybridized carbons (Fsp3) is 0.562. The van der Waals surface area contributed by atoms with E-state index >= 15 is 0 Å². The first-order valence-electron chi connectivity index (χ1n) is 7.44. The highest BCUT2D eigenvalue weighted by atomic mass is 19.1. The number of carboxylic acid groups (broad SMARTS) is 1. The second-order valence-electron chi connectivity index (χ2n) is 5.76. The van der Waals surface area contributed by atoms with Crippen molar-refractivity contribution in [3.63, 3.8) is 0 Å². The van der Waals surface area contributed by atoms with Crippen LogP contribution >= 0.6 is 0 Å². The van der Waals surface area contributed by atoms with Gasteiger partial charge in [-0.05, 0) is 45.5 Å². The van der Waals surface area contributed by atoms with Crippen LogP contribution in [0.5, 0.6) is 0 Å². The van der Waals surface area contributed by atoms with E-state index in [1.54, 1.807) is 6.07 Å². The minimum absolute atomic E-state index is 0.0813. The predicted octanol–water partition coefficient (Wildman–Crippen LogP) is 2.20. The standard InChI is InChI=1S/C16H23FN2O2/c1-18(12-16(20)21)14-6-4-9-19(10-8-14)11-13-5-2-3-7-15(13)17/h2-3,5,7,14H,4,6,8-12H2,1H3,(H,20,21). The third kappa shape index (κ3) is 4.79. The van der Waals surface area contributed by atoms with Gasteiger partial charge in [-0.25, -0.2) is 4.39 Å². The smallest absolute Gasteiger partial charge is 0.317 e. The molecule has 1 aliphatic heterocycles. The number of carboxylic acids is 1. The van der Waals surface area contributed by atoms with Crippen molar-refractivity contribution < 1.29 is 14.3 Å². The van der Waals surface area contributed by atoms with Gasteiger partial charge >= 0.3 is 5.97 Å². The number of likely N-dealkylation sites (tertiary alicyclic amines) is 1. The molecular weight excluding hydrogens is 271 g/mol. The zero-order valence-corrected chi connectivity index (χ0v) is 12.5. The number of hydrogen-bond donors (Lipinski definition) is 1. The minimum Gasteiger partial charge on any atom is -0.480 e. The van der Waals surface area contributed by atoms with Gasteiger partial charge in [-0.3, -0.25) is 14.6 Å². The maximum absolute atomic E-state index is 13.7. The summed E-state index contributed by atoms with van der Waals surface area (Å²) in [4.78, 5) is 15.0. The van der Waals surface area contributed by atoms with Crippen LogP contribution in [0.4, 0.5) is 4.39 Å². The van der Waals surface area contributed by atoms with Crippen LogP contribution in [0.1, 0.15) is 24.8 Å². The fourth-order valence-electron chi connectivity index (χ4n) is 2.95. The average Bonchev–Trinajstić information content (AvgIpc) is 2.66. The van der Waals surface area contributed by atoms with E-state index in [0.29, 0.717) is 12.6 Å². The molecule has 2 rings (SSSR count). The third-order valence-corrected chi connectivity index (χ3v) is 4.15. The van der Waals surface area contributed by atoms with Crippen molar-refractivity contribution in [2.24, 2.45) is 0 Å². The molecule has 1 fully saturated rings. The number of halogens is 1. The first-order valence-corrected chi connectivity index (χ1v) is 7.44. The lowest BCUT2D eigenvalue weighted by atomic mass is 10.1. The molecule has 1 atom stereocenters. The molecule has 0 aliphatic carbocycles. The molecule has 1 aromatic carbocycles. The maximum atomic E-state index is 13.7. The third-order valence-electron chi connectivity index (χ3n) is 4.15. The lowest BCUT2D eigenvalue weighted by Gasteiger charge is -2.25. The molecular formula is C16H23FN2O2. The highest BCUT2D eigenvalue weighted by Gasteiger charge is 2.22. The lowest BCUT2D eigenvalue weighted by molar-refractivity contribution is -0.138. The van der Waals surface area contributed by atoms with E-state index in [9.17, 15) is 9.18 Å². The number of likely N-dealkylation sites (N-methyl/N-ethyl adjacent to an activating group) is 1. The summed E-state index contributed by atoms with van der Waals surface area (Å²) in [6, 6.07) is 7.19. The summed E-state index contributed by atoms with van der Waals surface area (Å²) in [6.07, 6.45) is 2.94. The molecule has 116 valence electrons. The average molecular weight is 294 g/mol. The van der Waals surface area contributed by atoms with Gasteiger partial charge in [0, 0.05) is 18.2 Å². The van der Waals surface area contributed by atoms with E-state index < -0.39 is 5.97 Å². The van der Waals surface area contributed by atoms with Crippen LogP contribution in [0.3, 0.4) is 0 Å². The Labute approximate surface area is 125 Å². The van der Waals surface area contributed by atoms with Gasteiger partial charge in [0.2, 0.25) is 0 Å². The molecule has 4 nitrogen and oxygen atoms in total. The number of rotatable bonds is 5. The van der Waals surface area contributed by atoms with Crippen molar-refractivity contribution >= 4 is 5.97 Å². The number of benzene rings is 1. The Balaban J connectivity index is 1.89. The first kappa shape index (κ1) is 15.9. The van der Waals surface area contributed by atoms with Crippen LogP contribution < -0.4 is 0 Å². The van der Waals surface area contributed by atoms with Crippen LogP contribution in [-0.2, 0) is 11.3 Å². The van der Waals surface area contributed by atoms with Crippen molar-refractivity contribution in [2.45, 2.75) is 31.8 Å². The summed E-state index contributed by atoms with van der Waals surface area (Å²) in [5.41, 5.74) is 0.731. The molecule has 5 heteroatoms. The van der Waals surface area contributed by atoms with Crippen molar-refractivity contribution in [2.75, 3.05) is 26.7 Å². The Morgan fingerprint density at radius 3 is 2.86 bits per heavy atom. The van der Waals surface area contributed by atoms with Gasteiger partial charge in [0.15, 0.2) is 0 Å². The largest absolute Gasteiger partial charge is 0.480 e. The summed E-state index contributed by atoms with van der Waals surface area (Å²) < 4.78 is 13.7. The molecule has 0 saturated carbocycles. The normalized spacial score (nSPS) is 20.4. The summed E-state index contributed by atoms with van der Waals surface area (Å²) in [5, 5.41) is 8.87. The SMILES string of the molecule is CN(CC(=O)O)C1CCCN(Cc2ccccc2F)CC1. The quantitative estimate of drug-likeness (QED) is 0.904. The zero-order chi connectivity index (χ0) is 15.2. The van der Waals surface area contributed by atoms with Crippen LogP contribution in [0.2, 0.25) is 0 Å². The molecule has 0 spiro atoms. The van der Waals surface area contributed by atoms with Gasteiger partial charge in [0.1, 0.15) is 5.82 Å².